The number of carboxylic acids is 1. The number of carboxylic acid groups (broad SMARTS) is 1. The molecule has 0 bridgehead atoms. The number of halogens is 3. The molecule has 0 spiro atoms. The molecule has 1 aromatic rings. The number of alkyl halides is 3. The van der Waals surface area contributed by atoms with Crippen LogP contribution in [0.4, 0.5) is 18.9 Å². The zero-order chi connectivity index (χ0) is 13.8. The highest BCUT2D eigenvalue weighted by molar-refractivity contribution is 5.96. The summed E-state index contributed by atoms with van der Waals surface area (Å²) in [6.07, 6.45) is -5.02. The van der Waals surface area contributed by atoms with Crippen LogP contribution < -0.4 is 5.32 Å². The molecular formula is C11H6F3NO3. The van der Waals surface area contributed by atoms with E-state index in [1.165, 1.54) is 24.3 Å². The Balaban J connectivity index is 3.01. The smallest absolute Gasteiger partial charge is 0.471 e. The number of aliphatic carboxylic acids is 1. The van der Waals surface area contributed by atoms with Crippen LogP contribution in [0.1, 0.15) is 5.56 Å². The quantitative estimate of drug-likeness (QED) is 0.751. The minimum atomic E-state index is -5.02. The van der Waals surface area contributed by atoms with Crippen molar-refractivity contribution in [2.24, 2.45) is 0 Å². The molecule has 0 atom stereocenters. The molecule has 0 aliphatic rings. The number of rotatable bonds is 1. The van der Waals surface area contributed by atoms with Gasteiger partial charge in [0.15, 0.2) is 0 Å². The van der Waals surface area contributed by atoms with E-state index in [1.807, 2.05) is 0 Å². The molecule has 1 amide bonds. The second-order valence-electron chi connectivity index (χ2n) is 3.05. The number of para-hydroxylation sites is 1. The molecule has 94 valence electrons. The zero-order valence-corrected chi connectivity index (χ0v) is 8.71. The van der Waals surface area contributed by atoms with Crippen molar-refractivity contribution in [3.05, 3.63) is 29.8 Å². The van der Waals surface area contributed by atoms with Gasteiger partial charge < -0.3 is 10.4 Å². The average molecular weight is 257 g/mol. The predicted octanol–water partition coefficient (Wildman–Crippen LogP) is 1.62. The first kappa shape index (κ1) is 13.6. The first-order valence-electron chi connectivity index (χ1n) is 4.53. The van der Waals surface area contributed by atoms with Gasteiger partial charge in [0, 0.05) is 11.5 Å². The van der Waals surface area contributed by atoms with Gasteiger partial charge in [-0.15, -0.1) is 0 Å². The maximum Gasteiger partial charge on any atom is 0.471 e. The van der Waals surface area contributed by atoms with Crippen LogP contribution in [0, 0.1) is 11.8 Å². The summed E-state index contributed by atoms with van der Waals surface area (Å²) < 4.78 is 36.1. The third kappa shape index (κ3) is 3.83. The maximum atomic E-state index is 12.0. The van der Waals surface area contributed by atoms with E-state index in [4.69, 9.17) is 5.11 Å². The lowest BCUT2D eigenvalue weighted by Gasteiger charge is -2.09. The Kier molecular flexibility index (Phi) is 3.94. The third-order valence-corrected chi connectivity index (χ3v) is 1.74. The minimum Gasteiger partial charge on any atom is -0.472 e. The van der Waals surface area contributed by atoms with Gasteiger partial charge in [0.2, 0.25) is 0 Å². The van der Waals surface area contributed by atoms with Gasteiger partial charge in [-0.3, -0.25) is 4.79 Å². The summed E-state index contributed by atoms with van der Waals surface area (Å²) >= 11 is 0. The highest BCUT2D eigenvalue weighted by atomic mass is 19.4. The fourth-order valence-electron chi connectivity index (χ4n) is 1.02. The predicted molar refractivity (Wildman–Crippen MR) is 55.6 cm³/mol. The molecule has 0 fully saturated rings. The van der Waals surface area contributed by atoms with Crippen molar-refractivity contribution < 1.29 is 27.9 Å². The lowest BCUT2D eigenvalue weighted by molar-refractivity contribution is -0.167. The molecule has 0 saturated carbocycles. The molecule has 18 heavy (non-hydrogen) atoms. The Hall–Kier alpha value is -2.49. The van der Waals surface area contributed by atoms with Crippen LogP contribution in [-0.4, -0.2) is 23.2 Å². The van der Waals surface area contributed by atoms with Crippen molar-refractivity contribution in [3.8, 4) is 11.8 Å². The molecule has 7 heteroatoms. The fourth-order valence-corrected chi connectivity index (χ4v) is 1.02. The lowest BCUT2D eigenvalue weighted by atomic mass is 10.2. The molecular weight excluding hydrogens is 251 g/mol. The minimum absolute atomic E-state index is 0.0162. The standard InChI is InChI=1S/C11H6F3NO3/c12-11(13,14)10(18)15-8-4-2-1-3-7(8)5-6-9(16)17/h1-4H,(H,15,18)(H,16,17). The van der Waals surface area contributed by atoms with Gasteiger partial charge in [-0.1, -0.05) is 18.1 Å². The van der Waals surface area contributed by atoms with Gasteiger partial charge in [0.25, 0.3) is 0 Å². The van der Waals surface area contributed by atoms with E-state index in [9.17, 15) is 22.8 Å². The van der Waals surface area contributed by atoms with Crippen molar-refractivity contribution in [1.82, 2.24) is 0 Å². The van der Waals surface area contributed by atoms with E-state index in [1.54, 1.807) is 11.2 Å². The molecule has 0 heterocycles. The largest absolute Gasteiger partial charge is 0.472 e. The number of amides is 1. The summed E-state index contributed by atoms with van der Waals surface area (Å²) in [6.45, 7) is 0. The molecule has 0 aliphatic heterocycles. The highest BCUT2D eigenvalue weighted by Gasteiger charge is 2.38. The first-order chi connectivity index (χ1) is 8.30. The maximum absolute atomic E-state index is 12.0. The topological polar surface area (TPSA) is 66.4 Å². The number of nitrogens with one attached hydrogen (secondary N) is 1. The van der Waals surface area contributed by atoms with Crippen LogP contribution in [0.5, 0.6) is 0 Å². The van der Waals surface area contributed by atoms with Crippen molar-refractivity contribution in [1.29, 1.82) is 0 Å². The summed E-state index contributed by atoms with van der Waals surface area (Å²) in [6, 6.07) is 5.32. The highest BCUT2D eigenvalue weighted by Crippen LogP contribution is 2.20. The third-order valence-electron chi connectivity index (χ3n) is 1.74. The Morgan fingerprint density at radius 3 is 2.39 bits per heavy atom. The zero-order valence-electron chi connectivity index (χ0n) is 8.71. The van der Waals surface area contributed by atoms with Crippen molar-refractivity contribution in [2.45, 2.75) is 6.18 Å². The number of carbonyl (C=O) groups excluding carboxylic acids is 1. The van der Waals surface area contributed by atoms with Crippen molar-refractivity contribution >= 4 is 17.6 Å². The lowest BCUT2D eigenvalue weighted by Crippen LogP contribution is -2.30. The molecule has 0 aliphatic carbocycles. The molecule has 4 nitrogen and oxygen atoms in total. The number of hydrogen-bond donors (Lipinski definition) is 2. The summed E-state index contributed by atoms with van der Waals surface area (Å²) in [7, 11) is 0. The van der Waals surface area contributed by atoms with Crippen LogP contribution in [0.25, 0.3) is 0 Å². The van der Waals surface area contributed by atoms with E-state index in [0.717, 1.165) is 0 Å². The van der Waals surface area contributed by atoms with Crippen molar-refractivity contribution in [2.75, 3.05) is 5.32 Å². The van der Waals surface area contributed by atoms with Crippen LogP contribution in [0.3, 0.4) is 0 Å². The van der Waals surface area contributed by atoms with Crippen LogP contribution >= 0.6 is 0 Å². The summed E-state index contributed by atoms with van der Waals surface area (Å²) in [4.78, 5) is 20.9. The Labute approximate surface area is 99.4 Å². The van der Waals surface area contributed by atoms with Gasteiger partial charge in [-0.25, -0.2) is 4.79 Å². The summed E-state index contributed by atoms with van der Waals surface area (Å²) in [5.74, 6) is 0.316. The molecule has 1 aromatic carbocycles. The van der Waals surface area contributed by atoms with E-state index in [-0.39, 0.29) is 11.3 Å². The van der Waals surface area contributed by atoms with Gasteiger partial charge in [0.05, 0.1) is 5.69 Å². The molecule has 0 aromatic heterocycles. The first-order valence-corrected chi connectivity index (χ1v) is 4.53. The molecule has 0 radical (unpaired) electrons. The summed E-state index contributed by atoms with van der Waals surface area (Å²) in [5.41, 5.74) is -0.217. The number of hydrogen-bond acceptors (Lipinski definition) is 2. The fraction of sp³-hybridized carbons (Fsp3) is 0.0909. The summed E-state index contributed by atoms with van der Waals surface area (Å²) in [5, 5.41) is 9.95. The van der Waals surface area contributed by atoms with E-state index in [2.05, 4.69) is 5.92 Å². The van der Waals surface area contributed by atoms with Crippen molar-refractivity contribution in [3.63, 3.8) is 0 Å². The second kappa shape index (κ2) is 5.23. The van der Waals surface area contributed by atoms with E-state index < -0.39 is 18.1 Å². The Morgan fingerprint density at radius 2 is 1.83 bits per heavy atom. The molecule has 1 rings (SSSR count). The van der Waals surface area contributed by atoms with E-state index in [0.29, 0.717) is 0 Å². The monoisotopic (exact) mass is 257 g/mol. The van der Waals surface area contributed by atoms with Gasteiger partial charge in [-0.2, -0.15) is 13.2 Å². The SMILES string of the molecule is O=C(O)C#Cc1ccccc1NC(=O)C(F)(F)F. The number of carbonyl (C=O) groups is 2. The molecule has 0 saturated heterocycles. The van der Waals surface area contributed by atoms with Crippen LogP contribution in [-0.2, 0) is 9.59 Å². The van der Waals surface area contributed by atoms with Crippen LogP contribution in [0.2, 0.25) is 0 Å². The number of benzene rings is 1. The Morgan fingerprint density at radius 1 is 1.22 bits per heavy atom. The van der Waals surface area contributed by atoms with Gasteiger partial charge >= 0.3 is 18.1 Å². The Bertz CT molecular complexity index is 540. The second-order valence-corrected chi connectivity index (χ2v) is 3.05. The van der Waals surface area contributed by atoms with Crippen LogP contribution in [0.15, 0.2) is 24.3 Å². The average Bonchev–Trinajstić information content (AvgIpc) is 2.26. The molecule has 2 N–H and O–H groups in total. The normalized spacial score (nSPS) is 10.2. The van der Waals surface area contributed by atoms with E-state index >= 15 is 0 Å². The molecule has 0 unspecified atom stereocenters. The van der Waals surface area contributed by atoms with Gasteiger partial charge in [0.1, 0.15) is 0 Å². The number of anilines is 1. The van der Waals surface area contributed by atoms with Gasteiger partial charge in [-0.05, 0) is 12.1 Å².